The average molecular weight is 497 g/mol. The molecular weight excluding hydrogens is 467 g/mol. The number of aromatic amines is 1. The maximum absolute atomic E-state index is 5.52. The molecule has 4 heteroatoms. The molecule has 0 aliphatic heterocycles. The van der Waals surface area contributed by atoms with E-state index in [1.165, 1.54) is 16.7 Å². The molecule has 4 rings (SSSR count). The summed E-state index contributed by atoms with van der Waals surface area (Å²) < 4.78 is 1.11. The highest BCUT2D eigenvalue weighted by Crippen LogP contribution is 2.28. The fourth-order valence-electron chi connectivity index (χ4n) is 3.63. The van der Waals surface area contributed by atoms with Crippen LogP contribution in [-0.2, 0) is 6.42 Å². The predicted octanol–water partition coefficient (Wildman–Crippen LogP) is 7.81. The summed E-state index contributed by atoms with van der Waals surface area (Å²) in [6.45, 7) is 2.01. The van der Waals surface area contributed by atoms with Crippen molar-refractivity contribution in [3.05, 3.63) is 136 Å². The van der Waals surface area contributed by atoms with E-state index in [1.807, 2.05) is 25.3 Å². The van der Waals surface area contributed by atoms with Gasteiger partial charge in [-0.05, 0) is 48.6 Å². The number of rotatable bonds is 8. The number of aryl methyl sites for hydroxylation is 1. The van der Waals surface area contributed by atoms with E-state index < -0.39 is 0 Å². The molecule has 0 saturated carbocycles. The van der Waals surface area contributed by atoms with Crippen LogP contribution in [0.4, 0.5) is 0 Å². The minimum absolute atomic E-state index is 0.427. The lowest BCUT2D eigenvalue weighted by Gasteiger charge is -2.16. The first kappa shape index (κ1) is 24.8. The van der Waals surface area contributed by atoms with Crippen LogP contribution in [0.1, 0.15) is 47.0 Å². The summed E-state index contributed by atoms with van der Waals surface area (Å²) in [5.74, 6) is 1.45. The van der Waals surface area contributed by atoms with Gasteiger partial charge < -0.3 is 4.98 Å². The van der Waals surface area contributed by atoms with Crippen LogP contribution in [0, 0.1) is 6.92 Å². The summed E-state index contributed by atoms with van der Waals surface area (Å²) in [6, 6.07) is 29.7. The number of benzene rings is 3. The van der Waals surface area contributed by atoms with Gasteiger partial charge in [0.05, 0.1) is 7.85 Å². The van der Waals surface area contributed by atoms with Crippen LogP contribution >= 0.6 is 15.9 Å². The third kappa shape index (κ3) is 8.55. The number of nitrogens with one attached hydrogen (secondary N) is 1. The van der Waals surface area contributed by atoms with Gasteiger partial charge in [0.1, 0.15) is 5.82 Å². The van der Waals surface area contributed by atoms with E-state index in [4.69, 9.17) is 7.85 Å². The van der Waals surface area contributed by atoms with Crippen molar-refractivity contribution in [1.29, 1.82) is 0 Å². The molecule has 4 aromatic rings. The van der Waals surface area contributed by atoms with Crippen molar-refractivity contribution < 1.29 is 0 Å². The Morgan fingerprint density at radius 2 is 1.48 bits per heavy atom. The van der Waals surface area contributed by atoms with Crippen LogP contribution < -0.4 is 0 Å². The smallest absolute Gasteiger partial charge is 0.110 e. The Hall–Kier alpha value is -2.85. The second kappa shape index (κ2) is 13.6. The molecule has 2 radical (unpaired) electrons. The van der Waals surface area contributed by atoms with Crippen LogP contribution in [0.2, 0.25) is 6.32 Å². The quantitative estimate of drug-likeness (QED) is 0.195. The third-order valence-corrected chi connectivity index (χ3v) is 5.84. The Bertz CT molecular complexity index is 1050. The molecule has 1 N–H and O–H groups in total. The minimum atomic E-state index is 0.427. The highest BCUT2D eigenvalue weighted by molar-refractivity contribution is 9.10. The zero-order valence-electron chi connectivity index (χ0n) is 19.1. The Kier molecular flexibility index (Phi) is 10.3. The summed E-state index contributed by atoms with van der Waals surface area (Å²) in [4.78, 5) is 7.48. The molecule has 0 saturated heterocycles. The van der Waals surface area contributed by atoms with Crippen LogP contribution in [-0.4, -0.2) is 17.8 Å². The summed E-state index contributed by atoms with van der Waals surface area (Å²) in [6.07, 6.45) is 9.84. The van der Waals surface area contributed by atoms with Gasteiger partial charge in [0.25, 0.3) is 0 Å². The molecule has 0 spiro atoms. The number of hydrogen-bond acceptors (Lipinski definition) is 1. The van der Waals surface area contributed by atoms with Gasteiger partial charge >= 0.3 is 0 Å². The number of imidazole rings is 1. The fraction of sp³-hybridized carbons (Fsp3) is 0.207. The zero-order chi connectivity index (χ0) is 23.3. The molecule has 0 unspecified atom stereocenters. The molecule has 0 atom stereocenters. The van der Waals surface area contributed by atoms with Crippen LogP contribution in [0.3, 0.4) is 0 Å². The average Bonchev–Trinajstić information content (AvgIpc) is 3.26. The van der Waals surface area contributed by atoms with Crippen LogP contribution in [0.15, 0.2) is 108 Å². The number of H-pyrrole nitrogens is 1. The molecule has 3 aromatic carbocycles. The summed E-state index contributed by atoms with van der Waals surface area (Å²) >= 11 is 3.41. The molecule has 1 heterocycles. The van der Waals surface area contributed by atoms with E-state index in [1.54, 1.807) is 0 Å². The number of nitrogens with zero attached hydrogens (tertiary/aromatic N) is 1. The lowest BCUT2D eigenvalue weighted by molar-refractivity contribution is 0.827. The van der Waals surface area contributed by atoms with Gasteiger partial charge in [-0.25, -0.2) is 4.98 Å². The standard InChI is InChI=1S/C18H19B.C11H11BrN2/c19-15-9-3-8-14-18(16-10-4-1-5-11-16)17-12-6-2-7-13-17;1-8-7-13-11(14-8)6-9-2-4-10(12)5-3-9/h1-8,10-13,18H,9,14-15H2;2-5,7H,6H2,1H3,(H,13,14). The van der Waals surface area contributed by atoms with Gasteiger partial charge in [-0.2, -0.15) is 0 Å². The van der Waals surface area contributed by atoms with Gasteiger partial charge in [0.15, 0.2) is 0 Å². The molecule has 0 aliphatic rings. The van der Waals surface area contributed by atoms with E-state index in [0.717, 1.165) is 41.6 Å². The largest absolute Gasteiger partial charge is 0.346 e. The van der Waals surface area contributed by atoms with Crippen LogP contribution in [0.25, 0.3) is 0 Å². The Labute approximate surface area is 207 Å². The zero-order valence-corrected chi connectivity index (χ0v) is 20.7. The summed E-state index contributed by atoms with van der Waals surface area (Å²) in [5.41, 5.74) is 5.11. The monoisotopic (exact) mass is 496 g/mol. The Morgan fingerprint density at radius 3 is 2.00 bits per heavy atom. The molecule has 0 aliphatic carbocycles. The van der Waals surface area contributed by atoms with E-state index in [9.17, 15) is 0 Å². The normalized spacial score (nSPS) is 10.9. The maximum atomic E-state index is 5.52. The van der Waals surface area contributed by atoms with Gasteiger partial charge in [0.2, 0.25) is 0 Å². The lowest BCUT2D eigenvalue weighted by atomic mass is 9.88. The minimum Gasteiger partial charge on any atom is -0.346 e. The molecule has 1 aromatic heterocycles. The molecular formula is C29H30BBrN2. The van der Waals surface area contributed by atoms with E-state index >= 15 is 0 Å². The number of hydrogen-bond donors (Lipinski definition) is 1. The first-order valence-corrected chi connectivity index (χ1v) is 12.1. The molecule has 33 heavy (non-hydrogen) atoms. The van der Waals surface area contributed by atoms with Crippen molar-refractivity contribution in [2.24, 2.45) is 0 Å². The summed E-state index contributed by atoms with van der Waals surface area (Å²) in [5, 5.41) is 0. The molecule has 0 bridgehead atoms. The topological polar surface area (TPSA) is 28.7 Å². The van der Waals surface area contributed by atoms with E-state index in [0.29, 0.717) is 5.92 Å². The highest BCUT2D eigenvalue weighted by Gasteiger charge is 2.11. The van der Waals surface area contributed by atoms with Gasteiger partial charge in [0, 0.05) is 28.7 Å². The van der Waals surface area contributed by atoms with Crippen molar-refractivity contribution in [3.63, 3.8) is 0 Å². The molecule has 166 valence electrons. The molecule has 0 amide bonds. The van der Waals surface area contributed by atoms with E-state index in [2.05, 4.69) is 111 Å². The lowest BCUT2D eigenvalue weighted by Crippen LogP contribution is -1.99. The first-order valence-electron chi connectivity index (χ1n) is 11.4. The van der Waals surface area contributed by atoms with Crippen LogP contribution in [0.5, 0.6) is 0 Å². The fourth-order valence-corrected chi connectivity index (χ4v) is 3.90. The second-order valence-electron chi connectivity index (χ2n) is 7.97. The van der Waals surface area contributed by atoms with Gasteiger partial charge in [-0.3, -0.25) is 0 Å². The second-order valence-corrected chi connectivity index (χ2v) is 8.89. The predicted molar refractivity (Wildman–Crippen MR) is 144 cm³/mol. The molecule has 2 nitrogen and oxygen atoms in total. The van der Waals surface area contributed by atoms with Crippen molar-refractivity contribution in [1.82, 2.24) is 9.97 Å². The first-order chi connectivity index (χ1) is 16.2. The molecule has 0 fully saturated rings. The highest BCUT2D eigenvalue weighted by atomic mass is 79.9. The number of aromatic nitrogens is 2. The van der Waals surface area contributed by atoms with Gasteiger partial charge in [-0.1, -0.05) is 107 Å². The number of halogens is 1. The van der Waals surface area contributed by atoms with Crippen molar-refractivity contribution in [3.8, 4) is 0 Å². The number of allylic oxidation sites excluding steroid dienone is 2. The SMILES string of the molecule is Cc1cnc(Cc2ccc(Br)cc2)[nH]1.[B]CCC=CCC(c1ccccc1)c1ccccc1. The van der Waals surface area contributed by atoms with E-state index in [-0.39, 0.29) is 0 Å². The van der Waals surface area contributed by atoms with Gasteiger partial charge in [-0.15, -0.1) is 0 Å². The Balaban J connectivity index is 0.000000194. The maximum Gasteiger partial charge on any atom is 0.110 e. The van der Waals surface area contributed by atoms with Crippen molar-refractivity contribution in [2.75, 3.05) is 0 Å². The third-order valence-electron chi connectivity index (χ3n) is 5.32. The van der Waals surface area contributed by atoms with Crippen molar-refractivity contribution in [2.45, 2.75) is 38.4 Å². The summed E-state index contributed by atoms with van der Waals surface area (Å²) in [7, 11) is 5.52. The Morgan fingerprint density at radius 1 is 0.879 bits per heavy atom. The van der Waals surface area contributed by atoms with Crippen molar-refractivity contribution >= 4 is 23.8 Å².